The van der Waals surface area contributed by atoms with E-state index in [1.807, 2.05) is 43.3 Å². The molecule has 1 amide bonds. The zero-order valence-electron chi connectivity index (χ0n) is 13.6. The van der Waals surface area contributed by atoms with Gasteiger partial charge in [-0.05, 0) is 30.2 Å². The van der Waals surface area contributed by atoms with Gasteiger partial charge in [0.2, 0.25) is 0 Å². The van der Waals surface area contributed by atoms with Crippen molar-refractivity contribution in [3.63, 3.8) is 0 Å². The lowest BCUT2D eigenvalue weighted by Crippen LogP contribution is -2.25. The molecule has 0 aliphatic carbocycles. The molecular weight excluding hydrogens is 294 g/mol. The fourth-order valence-electron chi connectivity index (χ4n) is 2.00. The normalized spacial score (nSPS) is 10.8. The summed E-state index contributed by atoms with van der Waals surface area (Å²) < 4.78 is 0. The summed E-state index contributed by atoms with van der Waals surface area (Å²) in [5.41, 5.74) is 2.90. The minimum Gasteiger partial charge on any atom is -0.378 e. The maximum Gasteiger partial charge on any atom is 0.251 e. The quantitative estimate of drug-likeness (QED) is 0.889. The van der Waals surface area contributed by atoms with E-state index >= 15 is 0 Å². The van der Waals surface area contributed by atoms with E-state index in [9.17, 15) is 4.79 Å². The molecule has 0 unspecified atom stereocenters. The Balaban J connectivity index is 1.84. The van der Waals surface area contributed by atoms with E-state index < -0.39 is 0 Å². The summed E-state index contributed by atoms with van der Waals surface area (Å²) in [7, 11) is 3.96. The van der Waals surface area contributed by atoms with Crippen LogP contribution in [0.1, 0.15) is 40.8 Å². The number of hydrogen-bond acceptors (Lipinski definition) is 4. The molecule has 0 spiro atoms. The number of carbonyl (C=O) groups excluding carboxylic acids is 1. The van der Waals surface area contributed by atoms with Gasteiger partial charge in [-0.1, -0.05) is 13.8 Å². The predicted octanol–water partition coefficient (Wildman–Crippen LogP) is 3.31. The van der Waals surface area contributed by atoms with Gasteiger partial charge in [0, 0.05) is 43.7 Å². The Morgan fingerprint density at radius 3 is 2.50 bits per heavy atom. The highest BCUT2D eigenvalue weighted by Gasteiger charge is 2.08. The standard InChI is InChI=1S/C17H23N3OS/c1-12(2)15-11-22-16(19-15)9-10-18-17(21)13-5-7-14(8-6-13)20(3)4/h5-8,11-12H,9-10H2,1-4H3,(H,18,21). The van der Waals surface area contributed by atoms with E-state index in [0.717, 1.165) is 22.8 Å². The summed E-state index contributed by atoms with van der Waals surface area (Å²) in [6.07, 6.45) is 0.777. The number of carbonyl (C=O) groups is 1. The highest BCUT2D eigenvalue weighted by atomic mass is 32.1. The summed E-state index contributed by atoms with van der Waals surface area (Å²) >= 11 is 1.66. The topological polar surface area (TPSA) is 45.2 Å². The molecule has 22 heavy (non-hydrogen) atoms. The Hall–Kier alpha value is -1.88. The molecule has 0 saturated carbocycles. The van der Waals surface area contributed by atoms with Crippen molar-refractivity contribution < 1.29 is 4.79 Å². The molecule has 5 heteroatoms. The summed E-state index contributed by atoms with van der Waals surface area (Å²) in [6.45, 7) is 4.88. The number of hydrogen-bond donors (Lipinski definition) is 1. The largest absolute Gasteiger partial charge is 0.378 e. The molecule has 0 aliphatic rings. The zero-order valence-corrected chi connectivity index (χ0v) is 14.4. The van der Waals surface area contributed by atoms with Crippen LogP contribution >= 0.6 is 11.3 Å². The first-order chi connectivity index (χ1) is 10.5. The Bertz CT molecular complexity index is 617. The van der Waals surface area contributed by atoms with E-state index in [-0.39, 0.29) is 5.91 Å². The number of aromatic nitrogens is 1. The van der Waals surface area contributed by atoms with Crippen LogP contribution in [0.15, 0.2) is 29.6 Å². The first-order valence-electron chi connectivity index (χ1n) is 7.47. The van der Waals surface area contributed by atoms with Crippen molar-refractivity contribution >= 4 is 22.9 Å². The van der Waals surface area contributed by atoms with Crippen molar-refractivity contribution in [2.24, 2.45) is 0 Å². The summed E-state index contributed by atoms with van der Waals surface area (Å²) in [6, 6.07) is 7.60. The van der Waals surface area contributed by atoms with Crippen LogP contribution in [0.2, 0.25) is 0 Å². The Morgan fingerprint density at radius 1 is 1.27 bits per heavy atom. The lowest BCUT2D eigenvalue weighted by atomic mass is 10.2. The number of thiazole rings is 1. The first-order valence-corrected chi connectivity index (χ1v) is 8.35. The number of benzene rings is 1. The van der Waals surface area contributed by atoms with Crippen molar-refractivity contribution in [2.45, 2.75) is 26.2 Å². The number of rotatable bonds is 6. The molecule has 0 atom stereocenters. The van der Waals surface area contributed by atoms with Gasteiger partial charge in [0.15, 0.2) is 0 Å². The molecule has 2 rings (SSSR count). The molecule has 0 radical (unpaired) electrons. The summed E-state index contributed by atoms with van der Waals surface area (Å²) in [4.78, 5) is 18.7. The van der Waals surface area contributed by atoms with Gasteiger partial charge in [-0.15, -0.1) is 11.3 Å². The molecule has 0 saturated heterocycles. The minimum atomic E-state index is -0.0362. The molecule has 0 aliphatic heterocycles. The van der Waals surface area contributed by atoms with Crippen LogP contribution in [-0.2, 0) is 6.42 Å². The van der Waals surface area contributed by atoms with Gasteiger partial charge < -0.3 is 10.2 Å². The highest BCUT2D eigenvalue weighted by Crippen LogP contribution is 2.18. The third kappa shape index (κ3) is 4.31. The average molecular weight is 317 g/mol. The highest BCUT2D eigenvalue weighted by molar-refractivity contribution is 7.09. The number of nitrogens with zero attached hydrogens (tertiary/aromatic N) is 2. The Kier molecular flexibility index (Phi) is 5.55. The molecule has 1 aromatic heterocycles. The number of amides is 1. The SMILES string of the molecule is CC(C)c1csc(CCNC(=O)c2ccc(N(C)C)cc2)n1. The summed E-state index contributed by atoms with van der Waals surface area (Å²) in [5.74, 6) is 0.417. The van der Waals surface area contributed by atoms with Crippen LogP contribution in [0, 0.1) is 0 Å². The van der Waals surface area contributed by atoms with Crippen molar-refractivity contribution in [3.05, 3.63) is 45.9 Å². The fourth-order valence-corrected chi connectivity index (χ4v) is 2.96. The van der Waals surface area contributed by atoms with Gasteiger partial charge in [-0.3, -0.25) is 4.79 Å². The fraction of sp³-hybridized carbons (Fsp3) is 0.412. The van der Waals surface area contributed by atoms with E-state index in [4.69, 9.17) is 0 Å². The number of nitrogens with one attached hydrogen (secondary N) is 1. The molecule has 0 fully saturated rings. The van der Waals surface area contributed by atoms with Crippen LogP contribution in [-0.4, -0.2) is 31.5 Å². The third-order valence-corrected chi connectivity index (χ3v) is 4.36. The van der Waals surface area contributed by atoms with Crippen molar-refractivity contribution in [1.29, 1.82) is 0 Å². The molecule has 1 N–H and O–H groups in total. The van der Waals surface area contributed by atoms with Crippen LogP contribution < -0.4 is 10.2 Å². The molecule has 1 heterocycles. The first kappa shape index (κ1) is 16.5. The second-order valence-electron chi connectivity index (χ2n) is 5.77. The van der Waals surface area contributed by atoms with Crippen molar-refractivity contribution in [2.75, 3.05) is 25.5 Å². The van der Waals surface area contributed by atoms with Crippen LogP contribution in [0.5, 0.6) is 0 Å². The zero-order chi connectivity index (χ0) is 16.1. The van der Waals surface area contributed by atoms with Gasteiger partial charge in [0.05, 0.1) is 10.7 Å². The number of anilines is 1. The monoisotopic (exact) mass is 317 g/mol. The van der Waals surface area contributed by atoms with Crippen LogP contribution in [0.4, 0.5) is 5.69 Å². The average Bonchev–Trinajstić information content (AvgIpc) is 2.96. The third-order valence-electron chi connectivity index (χ3n) is 3.43. The smallest absolute Gasteiger partial charge is 0.251 e. The van der Waals surface area contributed by atoms with Gasteiger partial charge in [-0.25, -0.2) is 4.98 Å². The Morgan fingerprint density at radius 2 is 1.95 bits per heavy atom. The van der Waals surface area contributed by atoms with Crippen molar-refractivity contribution in [1.82, 2.24) is 10.3 Å². The van der Waals surface area contributed by atoms with Crippen LogP contribution in [0.3, 0.4) is 0 Å². The molecule has 118 valence electrons. The van der Waals surface area contributed by atoms with Gasteiger partial charge in [0.25, 0.3) is 5.91 Å². The van der Waals surface area contributed by atoms with E-state index in [2.05, 4.69) is 29.5 Å². The minimum absolute atomic E-state index is 0.0362. The second-order valence-corrected chi connectivity index (χ2v) is 6.71. The second kappa shape index (κ2) is 7.40. The summed E-state index contributed by atoms with van der Waals surface area (Å²) in [5, 5.41) is 6.12. The molecule has 1 aromatic carbocycles. The lowest BCUT2D eigenvalue weighted by Gasteiger charge is -2.12. The van der Waals surface area contributed by atoms with E-state index in [1.165, 1.54) is 0 Å². The Labute approximate surface area is 136 Å². The van der Waals surface area contributed by atoms with Gasteiger partial charge in [-0.2, -0.15) is 0 Å². The molecule has 2 aromatic rings. The van der Waals surface area contributed by atoms with Crippen LogP contribution in [0.25, 0.3) is 0 Å². The van der Waals surface area contributed by atoms with E-state index in [0.29, 0.717) is 18.0 Å². The lowest BCUT2D eigenvalue weighted by molar-refractivity contribution is 0.0954. The van der Waals surface area contributed by atoms with Gasteiger partial charge >= 0.3 is 0 Å². The van der Waals surface area contributed by atoms with Gasteiger partial charge in [0.1, 0.15) is 0 Å². The molecule has 0 bridgehead atoms. The molecule has 4 nitrogen and oxygen atoms in total. The molecular formula is C17H23N3OS. The van der Waals surface area contributed by atoms with Crippen molar-refractivity contribution in [3.8, 4) is 0 Å². The maximum atomic E-state index is 12.1. The van der Waals surface area contributed by atoms with E-state index in [1.54, 1.807) is 11.3 Å². The maximum absolute atomic E-state index is 12.1. The predicted molar refractivity (Wildman–Crippen MR) is 93.0 cm³/mol.